The highest BCUT2D eigenvalue weighted by Gasteiger charge is 2.36. The first kappa shape index (κ1) is 23.1. The molecule has 0 amide bonds. The van der Waals surface area contributed by atoms with E-state index in [9.17, 15) is 0 Å². The van der Waals surface area contributed by atoms with E-state index in [-0.39, 0.29) is 0 Å². The van der Waals surface area contributed by atoms with E-state index in [0.717, 1.165) is 55.7 Å². The zero-order chi connectivity index (χ0) is 24.2. The molecule has 7 rings (SSSR count). The van der Waals surface area contributed by atoms with Gasteiger partial charge in [-0.25, -0.2) is 0 Å². The molecule has 1 N–H and O–H groups in total. The molecule has 1 saturated carbocycles. The first-order valence-electron chi connectivity index (χ1n) is 13.9. The number of piperazine rings is 1. The van der Waals surface area contributed by atoms with Crippen LogP contribution in [0.15, 0.2) is 18.2 Å². The number of rotatable bonds is 6. The highest BCUT2D eigenvalue weighted by atomic mass is 35.5. The van der Waals surface area contributed by atoms with Crippen molar-refractivity contribution in [3.05, 3.63) is 40.0 Å². The van der Waals surface area contributed by atoms with Gasteiger partial charge in [0.1, 0.15) is 12.4 Å². The summed E-state index contributed by atoms with van der Waals surface area (Å²) in [6.07, 6.45) is 8.38. The number of anilines is 2. The lowest BCUT2D eigenvalue weighted by atomic mass is 10.0. The average Bonchev–Trinajstić information content (AvgIpc) is 3.56. The maximum absolute atomic E-state index is 6.70. The minimum absolute atomic E-state index is 0.451. The lowest BCUT2D eigenvalue weighted by molar-refractivity contribution is 0.187. The zero-order valence-electron chi connectivity index (χ0n) is 21.3. The van der Waals surface area contributed by atoms with Gasteiger partial charge in [-0.3, -0.25) is 0 Å². The predicted octanol–water partition coefficient (Wildman–Crippen LogP) is 3.98. The quantitative estimate of drug-likeness (QED) is 0.633. The third-order valence-corrected chi connectivity index (χ3v) is 9.30. The van der Waals surface area contributed by atoms with Crippen LogP contribution in [0, 0.1) is 0 Å². The lowest BCUT2D eigenvalue weighted by Gasteiger charge is -2.38. The molecule has 1 aliphatic carbocycles. The van der Waals surface area contributed by atoms with Crippen LogP contribution in [0.1, 0.15) is 61.3 Å². The van der Waals surface area contributed by atoms with E-state index in [2.05, 4.69) is 39.2 Å². The lowest BCUT2D eigenvalue weighted by Crippen LogP contribution is -2.52. The summed E-state index contributed by atoms with van der Waals surface area (Å²) in [4.78, 5) is 17.5. The molecule has 3 atom stereocenters. The third-order valence-electron chi connectivity index (χ3n) is 8.97. The summed E-state index contributed by atoms with van der Waals surface area (Å²) < 4.78 is 6.31. The molecular weight excluding hydrogens is 472 g/mol. The Morgan fingerprint density at radius 3 is 2.61 bits per heavy atom. The Morgan fingerprint density at radius 1 is 1.03 bits per heavy atom. The number of benzene rings is 1. The van der Waals surface area contributed by atoms with Crippen LogP contribution in [0.3, 0.4) is 0 Å². The number of hydrogen-bond donors (Lipinski definition) is 1. The highest BCUT2D eigenvalue weighted by molar-refractivity contribution is 6.31. The number of likely N-dealkylation sites (tertiary alicyclic amines) is 1. The normalized spacial score (nSPS) is 28.0. The van der Waals surface area contributed by atoms with Gasteiger partial charge < -0.3 is 24.8 Å². The fraction of sp³-hybridized carbons (Fsp3) is 0.643. The number of aromatic nitrogens is 2. The van der Waals surface area contributed by atoms with Gasteiger partial charge in [0.25, 0.3) is 0 Å². The number of likely N-dealkylation sites (N-methyl/N-ethyl adjacent to an activating group) is 1. The van der Waals surface area contributed by atoms with Crippen LogP contribution in [-0.2, 0) is 13.0 Å². The van der Waals surface area contributed by atoms with Crippen molar-refractivity contribution in [2.45, 2.75) is 75.5 Å². The largest absolute Gasteiger partial charge is 0.462 e. The van der Waals surface area contributed by atoms with E-state index >= 15 is 0 Å². The topological polar surface area (TPSA) is 56.8 Å². The number of hydrogen-bond acceptors (Lipinski definition) is 7. The Hall–Kier alpha value is -2.09. The number of nitrogens with zero attached hydrogens (tertiary/aromatic N) is 5. The van der Waals surface area contributed by atoms with Gasteiger partial charge in [0.2, 0.25) is 0 Å². The number of ether oxygens (including phenoxy) is 1. The Labute approximate surface area is 219 Å². The molecule has 1 aromatic carbocycles. The molecule has 0 radical (unpaired) electrons. The van der Waals surface area contributed by atoms with Crippen LogP contribution in [0.5, 0.6) is 6.01 Å². The highest BCUT2D eigenvalue weighted by Crippen LogP contribution is 2.48. The van der Waals surface area contributed by atoms with E-state index in [1.54, 1.807) is 0 Å². The Kier molecular flexibility index (Phi) is 5.98. The molecule has 3 saturated heterocycles. The average molecular weight is 509 g/mol. The Balaban J connectivity index is 1.20. The van der Waals surface area contributed by atoms with Gasteiger partial charge in [-0.2, -0.15) is 9.97 Å². The minimum atomic E-state index is 0.451. The van der Waals surface area contributed by atoms with Gasteiger partial charge in [0, 0.05) is 54.0 Å². The molecule has 5 heterocycles. The first-order chi connectivity index (χ1) is 17.6. The Bertz CT molecular complexity index is 1130. The summed E-state index contributed by atoms with van der Waals surface area (Å²) in [6.45, 7) is 5.60. The second-order valence-corrected chi connectivity index (χ2v) is 11.9. The van der Waals surface area contributed by atoms with Crippen molar-refractivity contribution in [3.63, 3.8) is 0 Å². The fourth-order valence-corrected chi connectivity index (χ4v) is 7.15. The minimum Gasteiger partial charge on any atom is -0.462 e. The molecule has 1 aromatic heterocycles. The number of nitrogens with one attached hydrogen (secondary N) is 1. The van der Waals surface area contributed by atoms with Crippen LogP contribution in [0.25, 0.3) is 0 Å². The standard InChI is InChI=1S/C28H37ClN6O/c1-33-12-3-4-21(33)17-36-28-31-24-16-34(25-6-2-5-23(29)26(25)18-7-8-18)13-11-22(24)27(32-28)35-14-19-9-10-20(15-35)30-19/h2,5-6,18-21,30H,3-4,7-17H2,1H3/t19?,20?,21-/m0/s1. The van der Waals surface area contributed by atoms with E-state index in [1.165, 1.54) is 55.3 Å². The molecule has 5 aliphatic rings. The SMILES string of the molecule is CN1CCC[C@H]1COc1nc2c(c(N3CC4CCC(C3)N4)n1)CCN(c1cccc(Cl)c1C1CC1)C2. The van der Waals surface area contributed by atoms with Gasteiger partial charge >= 0.3 is 6.01 Å². The summed E-state index contributed by atoms with van der Waals surface area (Å²) in [7, 11) is 2.19. The molecule has 2 unspecified atom stereocenters. The Morgan fingerprint density at radius 2 is 1.86 bits per heavy atom. The smallest absolute Gasteiger partial charge is 0.318 e. The maximum Gasteiger partial charge on any atom is 0.318 e. The van der Waals surface area contributed by atoms with Gasteiger partial charge in [-0.1, -0.05) is 17.7 Å². The predicted molar refractivity (Wildman–Crippen MR) is 144 cm³/mol. The maximum atomic E-state index is 6.70. The molecule has 4 aliphatic heterocycles. The van der Waals surface area contributed by atoms with E-state index in [0.29, 0.717) is 36.7 Å². The fourth-order valence-electron chi connectivity index (χ4n) is 6.83. The van der Waals surface area contributed by atoms with Gasteiger partial charge in [0.05, 0.1) is 12.2 Å². The van der Waals surface area contributed by atoms with Gasteiger partial charge in [-0.05, 0) is 82.2 Å². The molecule has 2 aromatic rings. The summed E-state index contributed by atoms with van der Waals surface area (Å²) in [6, 6.07) is 8.51. The molecule has 2 bridgehead atoms. The van der Waals surface area contributed by atoms with Crippen molar-refractivity contribution in [3.8, 4) is 6.01 Å². The number of fused-ring (bicyclic) bond motifs is 3. The molecule has 36 heavy (non-hydrogen) atoms. The third kappa shape index (κ3) is 4.33. The molecule has 0 spiro atoms. The summed E-state index contributed by atoms with van der Waals surface area (Å²) in [5.74, 6) is 1.72. The monoisotopic (exact) mass is 508 g/mol. The molecule has 8 heteroatoms. The second-order valence-electron chi connectivity index (χ2n) is 11.5. The van der Waals surface area contributed by atoms with Crippen LogP contribution < -0.4 is 19.9 Å². The van der Waals surface area contributed by atoms with Crippen LogP contribution in [0.4, 0.5) is 11.5 Å². The van der Waals surface area contributed by atoms with Crippen LogP contribution >= 0.6 is 11.6 Å². The van der Waals surface area contributed by atoms with Crippen molar-refractivity contribution >= 4 is 23.1 Å². The van der Waals surface area contributed by atoms with Gasteiger partial charge in [0.15, 0.2) is 0 Å². The first-order valence-corrected chi connectivity index (χ1v) is 14.3. The summed E-state index contributed by atoms with van der Waals surface area (Å²) in [5.41, 5.74) is 5.05. The summed E-state index contributed by atoms with van der Waals surface area (Å²) >= 11 is 6.70. The number of halogens is 1. The second kappa shape index (κ2) is 9.34. The van der Waals surface area contributed by atoms with E-state index in [1.807, 2.05) is 6.07 Å². The van der Waals surface area contributed by atoms with Crippen molar-refractivity contribution < 1.29 is 4.74 Å². The zero-order valence-corrected chi connectivity index (χ0v) is 22.0. The molecular formula is C28H37ClN6O. The molecule has 4 fully saturated rings. The van der Waals surface area contributed by atoms with Gasteiger partial charge in [-0.15, -0.1) is 0 Å². The summed E-state index contributed by atoms with van der Waals surface area (Å²) in [5, 5.41) is 4.67. The molecule has 7 nitrogen and oxygen atoms in total. The molecule has 192 valence electrons. The van der Waals surface area contributed by atoms with Crippen LogP contribution in [-0.4, -0.2) is 72.8 Å². The van der Waals surface area contributed by atoms with Crippen molar-refractivity contribution in [1.82, 2.24) is 20.2 Å². The van der Waals surface area contributed by atoms with Crippen LogP contribution in [0.2, 0.25) is 5.02 Å². The van der Waals surface area contributed by atoms with Crippen molar-refractivity contribution in [2.75, 3.05) is 49.6 Å². The van der Waals surface area contributed by atoms with E-state index < -0.39 is 0 Å². The van der Waals surface area contributed by atoms with Crippen molar-refractivity contribution in [2.24, 2.45) is 0 Å². The van der Waals surface area contributed by atoms with E-state index in [4.69, 9.17) is 26.3 Å². The van der Waals surface area contributed by atoms with Crippen molar-refractivity contribution in [1.29, 1.82) is 0 Å².